The third kappa shape index (κ3) is 4.28. The van der Waals surface area contributed by atoms with Crippen LogP contribution >= 0.6 is 69.6 Å². The lowest BCUT2D eigenvalue weighted by atomic mass is 10.4. The molecule has 0 aliphatic carbocycles. The molecule has 1 atom stereocenters. The van der Waals surface area contributed by atoms with E-state index in [4.69, 9.17) is 74.7 Å². The monoisotopic (exact) mass is 276 g/mol. The summed E-state index contributed by atoms with van der Waals surface area (Å²) in [6.07, 6.45) is -1.51. The van der Waals surface area contributed by atoms with E-state index >= 15 is 0 Å². The molecular formula is C4H2Cl6O. The fourth-order valence-electron chi connectivity index (χ4n) is 0.247. The third-order valence-electron chi connectivity index (χ3n) is 0.731. The molecule has 7 heteroatoms. The van der Waals surface area contributed by atoms with Gasteiger partial charge in [0.15, 0.2) is 0 Å². The number of hydrogen-bond acceptors (Lipinski definition) is 1. The molecule has 0 bridgehead atoms. The summed E-state index contributed by atoms with van der Waals surface area (Å²) in [4.78, 5) is 0. The van der Waals surface area contributed by atoms with E-state index in [2.05, 4.69) is 0 Å². The second-order valence-corrected chi connectivity index (χ2v) is 5.28. The first-order valence-electron chi connectivity index (χ1n) is 2.22. The maximum absolute atomic E-state index is 9.07. The summed E-state index contributed by atoms with van der Waals surface area (Å²) < 4.78 is -2.25. The molecule has 0 rings (SSSR count). The van der Waals surface area contributed by atoms with E-state index < -0.39 is 9.90 Å². The van der Waals surface area contributed by atoms with Gasteiger partial charge in [-0.2, -0.15) is 0 Å². The summed E-state index contributed by atoms with van der Waals surface area (Å²) in [6.45, 7) is 0. The Labute approximate surface area is 93.8 Å². The molecule has 11 heavy (non-hydrogen) atoms. The lowest BCUT2D eigenvalue weighted by Gasteiger charge is -2.17. The number of aliphatic hydroxyl groups is 1. The molecule has 0 aromatic heterocycles. The van der Waals surface area contributed by atoms with Crippen molar-refractivity contribution in [1.82, 2.24) is 0 Å². The minimum Gasteiger partial charge on any atom is -0.383 e. The predicted octanol–water partition coefficient (Wildman–Crippen LogP) is 3.60. The van der Waals surface area contributed by atoms with Crippen molar-refractivity contribution >= 4 is 69.6 Å². The van der Waals surface area contributed by atoms with E-state index in [1.165, 1.54) is 0 Å². The van der Waals surface area contributed by atoms with E-state index in [0.29, 0.717) is 0 Å². The van der Waals surface area contributed by atoms with Crippen molar-refractivity contribution in [3.63, 3.8) is 0 Å². The molecule has 0 aliphatic rings. The second kappa shape index (κ2) is 4.61. The number of hydrogen-bond donors (Lipinski definition) is 1. The highest BCUT2D eigenvalue weighted by molar-refractivity contribution is 6.69. The Bertz CT molecular complexity index is 166. The number of aliphatic hydroxyl groups excluding tert-OH is 1. The van der Waals surface area contributed by atoms with Crippen LogP contribution in [0.3, 0.4) is 0 Å². The number of alkyl halides is 3. The first-order chi connectivity index (χ1) is 4.76. The Morgan fingerprint density at radius 3 is 1.55 bits per heavy atom. The molecular weight excluding hydrogens is 277 g/mol. The molecule has 0 saturated heterocycles. The van der Waals surface area contributed by atoms with Crippen LogP contribution < -0.4 is 0 Å². The van der Waals surface area contributed by atoms with Crippen molar-refractivity contribution in [2.75, 3.05) is 0 Å². The van der Waals surface area contributed by atoms with Crippen LogP contribution in [0.5, 0.6) is 0 Å². The Hall–Kier alpha value is 1.44. The van der Waals surface area contributed by atoms with Gasteiger partial charge in [0, 0.05) is 0 Å². The molecule has 0 aliphatic heterocycles. The summed E-state index contributed by atoms with van der Waals surface area (Å²) in [5.41, 5.74) is 0. The number of rotatable bonds is 1. The van der Waals surface area contributed by atoms with Crippen LogP contribution in [0.15, 0.2) is 9.52 Å². The molecule has 0 amide bonds. The molecule has 0 heterocycles. The molecule has 66 valence electrons. The van der Waals surface area contributed by atoms with Gasteiger partial charge in [-0.25, -0.2) is 0 Å². The number of halogens is 6. The van der Waals surface area contributed by atoms with Crippen molar-refractivity contribution in [2.45, 2.75) is 9.90 Å². The maximum atomic E-state index is 9.07. The van der Waals surface area contributed by atoms with Crippen LogP contribution in [0.1, 0.15) is 0 Å². The minimum absolute atomic E-state index is 0.298. The smallest absolute Gasteiger partial charge is 0.221 e. The Kier molecular flexibility index (Phi) is 5.22. The van der Waals surface area contributed by atoms with Crippen molar-refractivity contribution in [3.05, 3.63) is 9.52 Å². The van der Waals surface area contributed by atoms with Gasteiger partial charge in [0.25, 0.3) is 0 Å². The average molecular weight is 279 g/mol. The zero-order valence-corrected chi connectivity index (χ0v) is 9.33. The predicted molar refractivity (Wildman–Crippen MR) is 50.9 cm³/mol. The van der Waals surface area contributed by atoms with E-state index in [9.17, 15) is 0 Å². The molecule has 0 radical (unpaired) electrons. The zero-order valence-electron chi connectivity index (χ0n) is 4.79. The van der Waals surface area contributed by atoms with Crippen LogP contribution in [-0.4, -0.2) is 15.0 Å². The van der Waals surface area contributed by atoms with Crippen LogP contribution in [0.4, 0.5) is 0 Å². The lowest BCUT2D eigenvalue weighted by molar-refractivity contribution is 0.223. The van der Waals surface area contributed by atoms with Gasteiger partial charge in [-0.1, -0.05) is 69.6 Å². The fourth-order valence-corrected chi connectivity index (χ4v) is 1.11. The summed E-state index contributed by atoms with van der Waals surface area (Å²) >= 11 is 31.6. The molecule has 0 aromatic carbocycles. The van der Waals surface area contributed by atoms with Crippen molar-refractivity contribution in [3.8, 4) is 0 Å². The summed E-state index contributed by atoms with van der Waals surface area (Å²) in [5.74, 6) is 0. The van der Waals surface area contributed by atoms with E-state index in [0.717, 1.165) is 0 Å². The summed E-state index contributed by atoms with van der Waals surface area (Å²) in [5, 5.41) is 8.77. The average Bonchev–Trinajstić information content (AvgIpc) is 1.82. The molecule has 0 fully saturated rings. The highest BCUT2D eigenvalue weighted by Crippen LogP contribution is 2.37. The molecule has 0 unspecified atom stereocenters. The minimum atomic E-state index is -1.92. The summed E-state index contributed by atoms with van der Waals surface area (Å²) in [7, 11) is 0. The van der Waals surface area contributed by atoms with Crippen LogP contribution in [0, 0.1) is 0 Å². The second-order valence-electron chi connectivity index (χ2n) is 1.55. The normalized spacial score (nSPS) is 14.5. The molecule has 1 nitrogen and oxygen atoms in total. The summed E-state index contributed by atoms with van der Waals surface area (Å²) in [6, 6.07) is 0. The Morgan fingerprint density at radius 2 is 1.45 bits per heavy atom. The van der Waals surface area contributed by atoms with E-state index in [1.807, 2.05) is 0 Å². The van der Waals surface area contributed by atoms with Gasteiger partial charge in [0.05, 0.1) is 5.03 Å². The maximum Gasteiger partial charge on any atom is 0.221 e. The molecule has 1 N–H and O–H groups in total. The van der Waals surface area contributed by atoms with Gasteiger partial charge < -0.3 is 5.11 Å². The highest BCUT2D eigenvalue weighted by Gasteiger charge is 2.34. The first kappa shape index (κ1) is 12.4. The van der Waals surface area contributed by atoms with Crippen LogP contribution in [-0.2, 0) is 0 Å². The van der Waals surface area contributed by atoms with Gasteiger partial charge in [0.1, 0.15) is 10.6 Å². The van der Waals surface area contributed by atoms with E-state index in [-0.39, 0.29) is 9.52 Å². The Balaban J connectivity index is 4.52. The van der Waals surface area contributed by atoms with Crippen molar-refractivity contribution in [2.24, 2.45) is 0 Å². The zero-order chi connectivity index (χ0) is 9.23. The van der Waals surface area contributed by atoms with Crippen molar-refractivity contribution < 1.29 is 5.11 Å². The van der Waals surface area contributed by atoms with Crippen LogP contribution in [0.2, 0.25) is 0 Å². The standard InChI is InChI=1S/C4H2Cl6O/c5-1(3(6)7)2(11)4(8,9)10/h2,11H/t2-/m1/s1. The molecule has 0 aromatic rings. The third-order valence-corrected chi connectivity index (χ3v) is 2.35. The Morgan fingerprint density at radius 1 is 1.09 bits per heavy atom. The first-order valence-corrected chi connectivity index (χ1v) is 4.49. The highest BCUT2D eigenvalue weighted by atomic mass is 35.6. The molecule has 0 saturated carbocycles. The SMILES string of the molecule is O[C@H](C(Cl)=C(Cl)Cl)C(Cl)(Cl)Cl. The topological polar surface area (TPSA) is 20.2 Å². The van der Waals surface area contributed by atoms with Gasteiger partial charge >= 0.3 is 0 Å². The quantitative estimate of drug-likeness (QED) is 0.727. The van der Waals surface area contributed by atoms with Crippen molar-refractivity contribution in [1.29, 1.82) is 0 Å². The lowest BCUT2D eigenvalue weighted by Crippen LogP contribution is -2.25. The largest absolute Gasteiger partial charge is 0.383 e. The van der Waals surface area contributed by atoms with Gasteiger partial charge in [-0.3, -0.25) is 0 Å². The molecule has 0 spiro atoms. The van der Waals surface area contributed by atoms with Crippen LogP contribution in [0.25, 0.3) is 0 Å². The fraction of sp³-hybridized carbons (Fsp3) is 0.500. The van der Waals surface area contributed by atoms with Gasteiger partial charge in [-0.05, 0) is 0 Å². The van der Waals surface area contributed by atoms with E-state index in [1.54, 1.807) is 0 Å². The van der Waals surface area contributed by atoms with Gasteiger partial charge in [-0.15, -0.1) is 0 Å². The van der Waals surface area contributed by atoms with Gasteiger partial charge in [0.2, 0.25) is 3.79 Å².